The van der Waals surface area contributed by atoms with Crippen LogP contribution in [-0.2, 0) is 11.0 Å². The molecule has 1 aliphatic carbocycles. The number of amides is 1. The van der Waals surface area contributed by atoms with Gasteiger partial charge in [0, 0.05) is 5.56 Å². The summed E-state index contributed by atoms with van der Waals surface area (Å²) < 4.78 is 47.9. The molecule has 5 rings (SSSR count). The van der Waals surface area contributed by atoms with Crippen LogP contribution in [0.4, 0.5) is 13.2 Å². The summed E-state index contributed by atoms with van der Waals surface area (Å²) in [5.74, 6) is -0.953. The van der Waals surface area contributed by atoms with Crippen molar-refractivity contribution in [1.29, 1.82) is 0 Å². The lowest BCUT2D eigenvalue weighted by molar-refractivity contribution is -0.142. The summed E-state index contributed by atoms with van der Waals surface area (Å²) in [6.45, 7) is -0.204. The van der Waals surface area contributed by atoms with Crippen molar-refractivity contribution in [3.05, 3.63) is 72.1 Å². The number of hydrogen-bond acceptors (Lipinski definition) is 7. The standard InChI is InChI=1S/C26H24F3N5O4/c27-26(28,29)21-19(14-30-34(21)18-6-2-1-3-7-18)24-31-22(33-38-24)17-10-8-16(9-11-17)20(36)23(37)32-25(15-35)12-4-5-13-25/h1-3,6-11,14,20,35-36H,4-5,12-13,15H2,(H,32,37)/t20-/m1/s1. The average molecular weight is 528 g/mol. The van der Waals surface area contributed by atoms with E-state index in [0.717, 1.165) is 23.7 Å². The first-order chi connectivity index (χ1) is 18.2. The topological polar surface area (TPSA) is 126 Å². The third-order valence-corrected chi connectivity index (χ3v) is 6.68. The summed E-state index contributed by atoms with van der Waals surface area (Å²) in [5, 5.41) is 30.7. The third kappa shape index (κ3) is 4.92. The number of alkyl halides is 3. The van der Waals surface area contributed by atoms with Crippen LogP contribution in [0.25, 0.3) is 28.5 Å². The van der Waals surface area contributed by atoms with Crippen molar-refractivity contribution in [1.82, 2.24) is 25.2 Å². The Labute approximate surface area is 214 Å². The van der Waals surface area contributed by atoms with Gasteiger partial charge in [0.1, 0.15) is 0 Å². The zero-order valence-electron chi connectivity index (χ0n) is 20.0. The van der Waals surface area contributed by atoms with Crippen LogP contribution in [-0.4, -0.2) is 48.2 Å². The fraction of sp³-hybridized carbons (Fsp3) is 0.308. The van der Waals surface area contributed by atoms with Gasteiger partial charge in [-0.15, -0.1) is 0 Å². The SMILES string of the molecule is O=C(NC1(CO)CCCC1)[C@H](O)c1ccc(-c2noc(-c3cnn(-c4ccccc4)c3C(F)(F)F)n2)cc1. The Morgan fingerprint density at radius 1 is 1.11 bits per heavy atom. The van der Waals surface area contributed by atoms with Crippen LogP contribution in [0.5, 0.6) is 0 Å². The molecule has 2 aromatic carbocycles. The largest absolute Gasteiger partial charge is 0.434 e. The Bertz CT molecular complexity index is 1410. The number of nitrogens with one attached hydrogen (secondary N) is 1. The van der Waals surface area contributed by atoms with Crippen LogP contribution in [0.3, 0.4) is 0 Å². The maximum absolute atomic E-state index is 14.0. The molecule has 0 aliphatic heterocycles. The first-order valence-corrected chi connectivity index (χ1v) is 12.0. The molecule has 1 saturated carbocycles. The highest BCUT2D eigenvalue weighted by molar-refractivity contribution is 5.83. The number of para-hydroxylation sites is 1. The summed E-state index contributed by atoms with van der Waals surface area (Å²) in [5.41, 5.74) is -1.21. The molecule has 3 N–H and O–H groups in total. The molecule has 2 aromatic heterocycles. The molecular formula is C26H24F3N5O4. The Hall–Kier alpha value is -4.03. The van der Waals surface area contributed by atoms with Crippen molar-refractivity contribution in [2.45, 2.75) is 43.5 Å². The predicted molar refractivity (Wildman–Crippen MR) is 129 cm³/mol. The fourth-order valence-corrected chi connectivity index (χ4v) is 4.66. The van der Waals surface area contributed by atoms with Gasteiger partial charge in [-0.2, -0.15) is 23.3 Å². The van der Waals surface area contributed by atoms with Crippen LogP contribution < -0.4 is 5.32 Å². The first-order valence-electron chi connectivity index (χ1n) is 12.0. The molecule has 38 heavy (non-hydrogen) atoms. The molecule has 1 fully saturated rings. The predicted octanol–water partition coefficient (Wildman–Crippen LogP) is 4.06. The van der Waals surface area contributed by atoms with Crippen LogP contribution in [0.2, 0.25) is 0 Å². The maximum atomic E-state index is 14.0. The molecule has 1 amide bonds. The van der Waals surface area contributed by atoms with Crippen molar-refractivity contribution in [2.24, 2.45) is 0 Å². The van der Waals surface area contributed by atoms with Gasteiger partial charge >= 0.3 is 6.18 Å². The lowest BCUT2D eigenvalue weighted by Crippen LogP contribution is -2.50. The fourth-order valence-electron chi connectivity index (χ4n) is 4.66. The Balaban J connectivity index is 1.37. The molecule has 1 aliphatic rings. The summed E-state index contributed by atoms with van der Waals surface area (Å²) in [6.07, 6.45) is -2.14. The van der Waals surface area contributed by atoms with E-state index >= 15 is 0 Å². The highest BCUT2D eigenvalue weighted by Gasteiger charge is 2.41. The quantitative estimate of drug-likeness (QED) is 0.331. The van der Waals surface area contributed by atoms with Crippen molar-refractivity contribution < 1.29 is 32.7 Å². The molecule has 1 atom stereocenters. The van der Waals surface area contributed by atoms with Crippen molar-refractivity contribution in [2.75, 3.05) is 6.61 Å². The lowest BCUT2D eigenvalue weighted by atomic mass is 9.97. The van der Waals surface area contributed by atoms with E-state index in [1.165, 1.54) is 36.4 Å². The number of benzene rings is 2. The Kier molecular flexibility index (Phi) is 6.76. The minimum atomic E-state index is -4.75. The number of rotatable bonds is 7. The summed E-state index contributed by atoms with van der Waals surface area (Å²) >= 11 is 0. The van der Waals surface area contributed by atoms with E-state index in [9.17, 15) is 28.2 Å². The molecule has 0 saturated heterocycles. The number of aliphatic hydroxyl groups is 2. The zero-order chi connectivity index (χ0) is 26.9. The number of nitrogens with zero attached hydrogens (tertiary/aromatic N) is 4. The number of carbonyl (C=O) groups is 1. The number of aromatic nitrogens is 4. The van der Waals surface area contributed by atoms with E-state index < -0.39 is 29.4 Å². The summed E-state index contributed by atoms with van der Waals surface area (Å²) in [4.78, 5) is 16.7. The Morgan fingerprint density at radius 3 is 2.42 bits per heavy atom. The van der Waals surface area contributed by atoms with E-state index in [0.29, 0.717) is 24.0 Å². The van der Waals surface area contributed by atoms with E-state index in [1.807, 2.05) is 0 Å². The van der Waals surface area contributed by atoms with Gasteiger partial charge in [-0.05, 0) is 30.5 Å². The minimum Gasteiger partial charge on any atom is -0.394 e. The summed E-state index contributed by atoms with van der Waals surface area (Å²) in [7, 11) is 0. The normalized spacial score (nSPS) is 15.9. The molecule has 2 heterocycles. The molecule has 198 valence electrons. The van der Waals surface area contributed by atoms with Gasteiger partial charge in [0.05, 0.1) is 29.6 Å². The smallest absolute Gasteiger partial charge is 0.394 e. The third-order valence-electron chi connectivity index (χ3n) is 6.68. The van der Waals surface area contributed by atoms with Gasteiger partial charge in [-0.3, -0.25) is 4.79 Å². The van der Waals surface area contributed by atoms with E-state index in [-0.39, 0.29) is 29.6 Å². The van der Waals surface area contributed by atoms with Crippen molar-refractivity contribution in [3.8, 4) is 28.5 Å². The summed E-state index contributed by atoms with van der Waals surface area (Å²) in [6, 6.07) is 13.9. The van der Waals surface area contributed by atoms with E-state index in [4.69, 9.17) is 4.52 Å². The molecule has 0 unspecified atom stereocenters. The molecule has 0 bridgehead atoms. The second-order valence-corrected chi connectivity index (χ2v) is 9.23. The van der Waals surface area contributed by atoms with Gasteiger partial charge in [-0.1, -0.05) is 60.5 Å². The second kappa shape index (κ2) is 10.0. The number of hydrogen-bond donors (Lipinski definition) is 3. The van der Waals surface area contributed by atoms with E-state index in [1.54, 1.807) is 18.2 Å². The van der Waals surface area contributed by atoms with Crippen molar-refractivity contribution in [3.63, 3.8) is 0 Å². The monoisotopic (exact) mass is 527 g/mol. The van der Waals surface area contributed by atoms with Crippen LogP contribution in [0.1, 0.15) is 43.0 Å². The average Bonchev–Trinajstić information content (AvgIpc) is 3.68. The number of halogens is 3. The molecule has 9 nitrogen and oxygen atoms in total. The van der Waals surface area contributed by atoms with Crippen LogP contribution in [0, 0.1) is 0 Å². The first kappa shape index (κ1) is 25.6. The second-order valence-electron chi connectivity index (χ2n) is 9.23. The van der Waals surface area contributed by atoms with Gasteiger partial charge in [0.25, 0.3) is 11.8 Å². The van der Waals surface area contributed by atoms with E-state index in [2.05, 4.69) is 20.6 Å². The molecule has 12 heteroatoms. The number of aliphatic hydroxyl groups excluding tert-OH is 2. The Morgan fingerprint density at radius 2 is 1.79 bits per heavy atom. The number of carbonyl (C=O) groups excluding carboxylic acids is 1. The molecule has 0 spiro atoms. The lowest BCUT2D eigenvalue weighted by Gasteiger charge is -2.29. The minimum absolute atomic E-state index is 0.0243. The van der Waals surface area contributed by atoms with Gasteiger partial charge < -0.3 is 20.1 Å². The molecule has 0 radical (unpaired) electrons. The highest BCUT2D eigenvalue weighted by Crippen LogP contribution is 2.38. The zero-order valence-corrected chi connectivity index (χ0v) is 20.0. The van der Waals surface area contributed by atoms with Crippen LogP contribution in [0.15, 0.2) is 65.3 Å². The van der Waals surface area contributed by atoms with Crippen molar-refractivity contribution >= 4 is 5.91 Å². The van der Waals surface area contributed by atoms with Gasteiger partial charge in [0.15, 0.2) is 11.8 Å². The molecule has 4 aromatic rings. The molecular weight excluding hydrogens is 503 g/mol. The van der Waals surface area contributed by atoms with Gasteiger partial charge in [-0.25, -0.2) is 4.68 Å². The van der Waals surface area contributed by atoms with Gasteiger partial charge in [0.2, 0.25) is 5.82 Å². The maximum Gasteiger partial charge on any atom is 0.434 e. The highest BCUT2D eigenvalue weighted by atomic mass is 19.4. The van der Waals surface area contributed by atoms with Crippen LogP contribution >= 0.6 is 0 Å².